The van der Waals surface area contributed by atoms with Gasteiger partial charge in [0.05, 0.1) is 34.1 Å². The van der Waals surface area contributed by atoms with Crippen molar-refractivity contribution in [3.8, 4) is 55.6 Å². The lowest BCUT2D eigenvalue weighted by Gasteiger charge is -2.31. The Balaban J connectivity index is 0.705. The van der Waals surface area contributed by atoms with Crippen molar-refractivity contribution < 1.29 is 8.83 Å². The van der Waals surface area contributed by atoms with Gasteiger partial charge >= 0.3 is 0 Å². The summed E-state index contributed by atoms with van der Waals surface area (Å²) in [6.45, 7) is 8.79. The Morgan fingerprint density at radius 3 is 0.861 bits per heavy atom. The molecule has 578 valence electrons. The summed E-state index contributed by atoms with van der Waals surface area (Å²) in [7, 11) is 0. The Hall–Kier alpha value is -15.8. The minimum atomic E-state index is 0.818. The quantitative estimate of drug-likeness (QED) is 0.0905. The van der Waals surface area contributed by atoms with Crippen LogP contribution < -0.4 is 19.6 Å². The maximum absolute atomic E-state index is 7.68. The number of fused-ring (bicyclic) bond motifs is 14. The zero-order chi connectivity index (χ0) is 81.5. The molecule has 6 heteroatoms. The zero-order valence-corrected chi connectivity index (χ0v) is 68.0. The van der Waals surface area contributed by atoms with E-state index in [1.807, 2.05) is 0 Å². The largest absolute Gasteiger partial charge is 0.455 e. The molecular formula is C116H82N4O2. The number of nitrogens with zero attached hydrogens (tertiary/aromatic N) is 4. The van der Waals surface area contributed by atoms with Crippen LogP contribution in [0.15, 0.2) is 433 Å². The van der Waals surface area contributed by atoms with Crippen LogP contribution in [-0.2, 0) is 0 Å². The van der Waals surface area contributed by atoms with E-state index < -0.39 is 0 Å². The van der Waals surface area contributed by atoms with Gasteiger partial charge in [-0.3, -0.25) is 0 Å². The van der Waals surface area contributed by atoms with Crippen LogP contribution in [0.5, 0.6) is 0 Å². The summed E-state index contributed by atoms with van der Waals surface area (Å²) in [6.07, 6.45) is 0. The van der Waals surface area contributed by atoms with E-state index in [9.17, 15) is 0 Å². The zero-order valence-electron chi connectivity index (χ0n) is 68.0. The molecule has 22 aromatic rings. The van der Waals surface area contributed by atoms with Crippen LogP contribution in [-0.4, -0.2) is 0 Å². The first-order valence-corrected chi connectivity index (χ1v) is 41.9. The monoisotopic (exact) mass is 1560 g/mol. The Labute approximate surface area is 709 Å². The SMILES string of the molecule is Cc1cccc(N(c2ccc(-c3ccccc3)cc2)c2cc3c4cc(N(c5ccc(-c6cccc(-c7ccc8c(N(c9ccccc9C)c9ccccc9-c9ccccc9)cc9c%10cc(N(c%11ccccc%11C)c%11ccccc%11-c%11ccccc%11)c%11ccccc%11c%10oc9c8c7)c6)cc5)c5cccc(C)c5)c5ccccc5c4oc3c3ccccc23)c1. The molecule has 0 N–H and O–H groups in total. The average Bonchev–Trinajstić information content (AvgIpc) is 1.54. The highest BCUT2D eigenvalue weighted by atomic mass is 16.3. The fourth-order valence-corrected chi connectivity index (χ4v) is 18.7. The third kappa shape index (κ3) is 12.7. The summed E-state index contributed by atoms with van der Waals surface area (Å²) in [5.74, 6) is 0. The molecule has 6 nitrogen and oxygen atoms in total. The van der Waals surface area contributed by atoms with Crippen LogP contribution in [0.1, 0.15) is 22.3 Å². The molecule has 122 heavy (non-hydrogen) atoms. The molecule has 0 fully saturated rings. The van der Waals surface area contributed by atoms with Crippen molar-refractivity contribution in [1.29, 1.82) is 0 Å². The number of rotatable bonds is 17. The van der Waals surface area contributed by atoms with Crippen LogP contribution in [0.25, 0.3) is 143 Å². The lowest BCUT2D eigenvalue weighted by Crippen LogP contribution is -2.13. The van der Waals surface area contributed by atoms with Crippen LogP contribution in [0.3, 0.4) is 0 Å². The molecule has 0 unspecified atom stereocenters. The minimum absolute atomic E-state index is 0.818. The normalized spacial score (nSPS) is 11.6. The van der Waals surface area contributed by atoms with E-state index in [2.05, 4.69) is 472 Å². The van der Waals surface area contributed by atoms with E-state index in [-0.39, 0.29) is 0 Å². The summed E-state index contributed by atoms with van der Waals surface area (Å²) < 4.78 is 15.0. The number of hydrogen-bond donors (Lipinski definition) is 0. The Morgan fingerprint density at radius 2 is 0.443 bits per heavy atom. The molecule has 0 amide bonds. The Bertz CT molecular complexity index is 7820. The van der Waals surface area contributed by atoms with Gasteiger partial charge in [0.1, 0.15) is 22.3 Å². The smallest absolute Gasteiger partial charge is 0.143 e. The molecule has 0 saturated carbocycles. The minimum Gasteiger partial charge on any atom is -0.455 e. The first-order chi connectivity index (χ1) is 60.2. The van der Waals surface area contributed by atoms with E-state index in [0.29, 0.717) is 0 Å². The second-order valence-electron chi connectivity index (χ2n) is 32.1. The average molecular weight is 1560 g/mol. The van der Waals surface area contributed by atoms with Gasteiger partial charge < -0.3 is 28.4 Å². The molecule has 0 bridgehead atoms. The first kappa shape index (κ1) is 72.7. The van der Waals surface area contributed by atoms with Crippen LogP contribution >= 0.6 is 0 Å². The Kier molecular flexibility index (Phi) is 18.1. The molecule has 2 heterocycles. The highest BCUT2D eigenvalue weighted by Crippen LogP contribution is 2.55. The summed E-state index contributed by atoms with van der Waals surface area (Å²) in [4.78, 5) is 9.81. The van der Waals surface area contributed by atoms with Crippen molar-refractivity contribution in [3.05, 3.63) is 447 Å². The molecule has 0 saturated heterocycles. The number of aryl methyl sites for hydroxylation is 4. The summed E-state index contributed by atoms with van der Waals surface area (Å²) >= 11 is 0. The van der Waals surface area contributed by atoms with E-state index in [1.165, 1.54) is 11.1 Å². The number of benzene rings is 20. The van der Waals surface area contributed by atoms with Gasteiger partial charge in [-0.1, -0.05) is 315 Å². The van der Waals surface area contributed by atoms with Gasteiger partial charge in [-0.2, -0.15) is 0 Å². The van der Waals surface area contributed by atoms with Crippen LogP contribution in [0.2, 0.25) is 0 Å². The van der Waals surface area contributed by atoms with E-state index in [1.54, 1.807) is 0 Å². The van der Waals surface area contributed by atoms with Gasteiger partial charge in [-0.25, -0.2) is 0 Å². The Morgan fingerprint density at radius 1 is 0.156 bits per heavy atom. The summed E-state index contributed by atoms with van der Waals surface area (Å²) in [5.41, 5.74) is 31.9. The predicted octanol–water partition coefficient (Wildman–Crippen LogP) is 33.5. The molecule has 0 aliphatic heterocycles. The van der Waals surface area contributed by atoms with Gasteiger partial charge in [-0.05, 0) is 204 Å². The molecule has 20 aromatic carbocycles. The second kappa shape index (κ2) is 30.3. The fraction of sp³-hybridized carbons (Fsp3) is 0.0345. The fourth-order valence-electron chi connectivity index (χ4n) is 18.7. The number of anilines is 12. The molecule has 0 atom stereocenters. The third-order valence-electron chi connectivity index (χ3n) is 24.5. The van der Waals surface area contributed by atoms with E-state index in [0.717, 1.165) is 222 Å². The molecule has 0 aliphatic carbocycles. The summed E-state index contributed by atoms with van der Waals surface area (Å²) in [5, 5.41) is 12.5. The highest BCUT2D eigenvalue weighted by Gasteiger charge is 2.30. The van der Waals surface area contributed by atoms with Gasteiger partial charge in [0.2, 0.25) is 0 Å². The number of furan rings is 2. The maximum Gasteiger partial charge on any atom is 0.143 e. The second-order valence-corrected chi connectivity index (χ2v) is 32.1. The van der Waals surface area contributed by atoms with Crippen molar-refractivity contribution in [2.24, 2.45) is 0 Å². The van der Waals surface area contributed by atoms with Crippen molar-refractivity contribution in [2.45, 2.75) is 27.7 Å². The maximum atomic E-state index is 7.68. The van der Waals surface area contributed by atoms with Crippen molar-refractivity contribution in [1.82, 2.24) is 0 Å². The third-order valence-corrected chi connectivity index (χ3v) is 24.5. The lowest BCUT2D eigenvalue weighted by atomic mass is 9.94. The highest BCUT2D eigenvalue weighted by molar-refractivity contribution is 6.28. The van der Waals surface area contributed by atoms with Gasteiger partial charge in [0.15, 0.2) is 0 Å². The standard InChI is InChI=1S/C116H82N4O2/c1-75-31-28-43-89(67-75)117(87-62-57-80(58-63-87)79-35-8-5-9-36-79)109-71-101-102-72-110(94-48-17-20-51-98(94)114(102)121-113(101)97-50-19-16-47-93(97)109)118(90-44-29-32-76(2)68-90)88-64-59-81(60-65-88)84-41-30-42-85(69-84)86-61-66-96-100(70-86)116-104(74-112(96)120(106-54-25-15-34-78(106)4)108-56-27-23-46-92(108)83-39-12-7-13-40-83)103-73-111(95-49-18-21-52-99(95)115(103)122-116)119(105-53-24-14-33-77(105)3)107-55-26-22-45-91(107)82-37-10-6-11-38-82/h5-74H,1-4H3. The number of hydrogen-bond acceptors (Lipinski definition) is 6. The van der Waals surface area contributed by atoms with E-state index in [4.69, 9.17) is 8.83 Å². The van der Waals surface area contributed by atoms with Crippen LogP contribution in [0, 0.1) is 27.7 Å². The predicted molar refractivity (Wildman–Crippen MR) is 516 cm³/mol. The van der Waals surface area contributed by atoms with Gasteiger partial charge in [-0.15, -0.1) is 0 Å². The molecule has 0 aliphatic rings. The van der Waals surface area contributed by atoms with Crippen molar-refractivity contribution >= 4 is 155 Å². The molecule has 22 rings (SSSR count). The molecular weight excluding hydrogens is 1480 g/mol. The molecule has 0 spiro atoms. The number of para-hydroxylation sites is 4. The molecule has 2 aromatic heterocycles. The van der Waals surface area contributed by atoms with Gasteiger partial charge in [0, 0.05) is 110 Å². The first-order valence-electron chi connectivity index (χ1n) is 41.9. The van der Waals surface area contributed by atoms with Crippen molar-refractivity contribution in [2.75, 3.05) is 19.6 Å². The lowest BCUT2D eigenvalue weighted by molar-refractivity contribution is 0.676. The summed E-state index contributed by atoms with van der Waals surface area (Å²) in [6, 6.07) is 155. The van der Waals surface area contributed by atoms with E-state index >= 15 is 0 Å². The molecule has 0 radical (unpaired) electrons. The van der Waals surface area contributed by atoms with Crippen molar-refractivity contribution in [3.63, 3.8) is 0 Å². The van der Waals surface area contributed by atoms with Crippen LogP contribution in [0.4, 0.5) is 68.2 Å². The topological polar surface area (TPSA) is 39.2 Å². The van der Waals surface area contributed by atoms with Gasteiger partial charge in [0.25, 0.3) is 0 Å².